The Morgan fingerprint density at radius 1 is 0.879 bits per heavy atom. The summed E-state index contributed by atoms with van der Waals surface area (Å²) in [6.45, 7) is 0.273. The molecule has 0 heterocycles. The van der Waals surface area contributed by atoms with E-state index in [0.717, 1.165) is 16.7 Å². The van der Waals surface area contributed by atoms with Crippen LogP contribution in [0.1, 0.15) is 28.8 Å². The second-order valence-electron chi connectivity index (χ2n) is 7.44. The van der Waals surface area contributed by atoms with Crippen LogP contribution in [-0.2, 0) is 16.1 Å². The molecule has 3 N–H and O–H groups in total. The van der Waals surface area contributed by atoms with E-state index in [1.165, 1.54) is 0 Å². The minimum absolute atomic E-state index is 0.0382. The number of imide groups is 1. The summed E-state index contributed by atoms with van der Waals surface area (Å²) < 4.78 is 5.27. The number of hydrogen-bond donors (Lipinski definition) is 3. The number of carbonyl (C=O) groups is 3. The fourth-order valence-corrected chi connectivity index (χ4v) is 3.38. The van der Waals surface area contributed by atoms with Crippen LogP contribution in [0.4, 0.5) is 0 Å². The van der Waals surface area contributed by atoms with Gasteiger partial charge in [0.1, 0.15) is 11.8 Å². The molecule has 3 aromatic rings. The van der Waals surface area contributed by atoms with E-state index >= 15 is 0 Å². The average Bonchev–Trinajstić information content (AvgIpc) is 2.84. The number of amides is 2. The van der Waals surface area contributed by atoms with E-state index in [0.29, 0.717) is 11.3 Å². The number of aliphatic carboxylic acids is 1. The van der Waals surface area contributed by atoms with Crippen LogP contribution >= 0.6 is 0 Å². The molecule has 0 fully saturated rings. The number of ether oxygens (including phenoxy) is 1. The zero-order chi connectivity index (χ0) is 23.6. The van der Waals surface area contributed by atoms with Crippen LogP contribution in [0.25, 0.3) is 11.1 Å². The molecule has 0 unspecified atom stereocenters. The lowest BCUT2D eigenvalue weighted by molar-refractivity contribution is -0.139. The number of para-hydroxylation sites is 1. The Kier molecular flexibility index (Phi) is 8.32. The maximum atomic E-state index is 12.4. The molecule has 0 saturated carbocycles. The number of methoxy groups -OCH3 is 1. The predicted molar refractivity (Wildman–Crippen MR) is 125 cm³/mol. The van der Waals surface area contributed by atoms with Crippen molar-refractivity contribution in [3.05, 3.63) is 90.0 Å². The van der Waals surface area contributed by atoms with Gasteiger partial charge < -0.3 is 15.2 Å². The highest BCUT2D eigenvalue weighted by Gasteiger charge is 2.20. The summed E-state index contributed by atoms with van der Waals surface area (Å²) in [4.78, 5) is 36.2. The average molecular weight is 447 g/mol. The molecule has 0 spiro atoms. The third-order valence-corrected chi connectivity index (χ3v) is 5.20. The fourth-order valence-electron chi connectivity index (χ4n) is 3.38. The molecule has 0 saturated heterocycles. The Labute approximate surface area is 192 Å². The molecule has 0 aliphatic heterocycles. The highest BCUT2D eigenvalue weighted by atomic mass is 16.5. The summed E-state index contributed by atoms with van der Waals surface area (Å²) in [5, 5.41) is 14.7. The van der Waals surface area contributed by atoms with Crippen molar-refractivity contribution in [2.45, 2.75) is 25.4 Å². The highest BCUT2D eigenvalue weighted by molar-refractivity contribution is 6.04. The van der Waals surface area contributed by atoms with Crippen LogP contribution in [0.2, 0.25) is 0 Å². The first-order valence-electron chi connectivity index (χ1n) is 10.6. The van der Waals surface area contributed by atoms with Gasteiger partial charge in [-0.25, -0.2) is 0 Å². The topological polar surface area (TPSA) is 105 Å². The van der Waals surface area contributed by atoms with Gasteiger partial charge in [0.05, 0.1) is 7.11 Å². The maximum absolute atomic E-state index is 12.4. The van der Waals surface area contributed by atoms with E-state index in [1.54, 1.807) is 25.3 Å². The maximum Gasteiger partial charge on any atom is 0.320 e. The Bertz CT molecular complexity index is 1100. The number of benzene rings is 3. The van der Waals surface area contributed by atoms with Crippen LogP contribution in [-0.4, -0.2) is 36.0 Å². The third-order valence-electron chi connectivity index (χ3n) is 5.20. The zero-order valence-electron chi connectivity index (χ0n) is 18.3. The van der Waals surface area contributed by atoms with Gasteiger partial charge in [-0.2, -0.15) is 0 Å². The molecule has 3 rings (SSSR count). The fraction of sp³-hybridized carbons (Fsp3) is 0.192. The second kappa shape index (κ2) is 11.6. The molecule has 0 aliphatic rings. The monoisotopic (exact) mass is 446 g/mol. The molecular weight excluding hydrogens is 420 g/mol. The van der Waals surface area contributed by atoms with E-state index in [9.17, 15) is 19.5 Å². The Balaban J connectivity index is 1.51. The third kappa shape index (κ3) is 6.75. The Morgan fingerprint density at radius 3 is 2.18 bits per heavy atom. The number of carboxylic acid groups (broad SMARTS) is 1. The molecular formula is C26H26N2O5. The van der Waals surface area contributed by atoms with Crippen LogP contribution in [0.5, 0.6) is 5.75 Å². The van der Waals surface area contributed by atoms with E-state index < -0.39 is 23.8 Å². The van der Waals surface area contributed by atoms with Gasteiger partial charge in [0.2, 0.25) is 5.91 Å². The summed E-state index contributed by atoms with van der Waals surface area (Å²) in [5.74, 6) is -1.47. The minimum Gasteiger partial charge on any atom is -0.496 e. The lowest BCUT2D eigenvalue weighted by Gasteiger charge is -2.15. The molecule has 170 valence electrons. The van der Waals surface area contributed by atoms with Crippen molar-refractivity contribution in [3.63, 3.8) is 0 Å². The zero-order valence-corrected chi connectivity index (χ0v) is 18.3. The molecule has 7 heteroatoms. The summed E-state index contributed by atoms with van der Waals surface area (Å²) in [6.07, 6.45) is -0.0692. The van der Waals surface area contributed by atoms with Crippen LogP contribution in [0.15, 0.2) is 78.9 Å². The standard InChI is InChI=1S/C26H26N2O5/c1-33-23-10-6-5-9-21(23)17-27-22(26(31)32)15-16-24(29)28-25(30)20-13-11-19(12-14-20)18-7-3-2-4-8-18/h2-14,22,27H,15-17H2,1H3,(H,31,32)(H,28,29,30)/t22-/m0/s1. The molecule has 33 heavy (non-hydrogen) atoms. The van der Waals surface area contributed by atoms with Crippen molar-refractivity contribution in [2.75, 3.05) is 7.11 Å². The molecule has 1 atom stereocenters. The normalized spacial score (nSPS) is 11.4. The summed E-state index contributed by atoms with van der Waals surface area (Å²) in [6, 6.07) is 23.0. The minimum atomic E-state index is -1.07. The van der Waals surface area contributed by atoms with E-state index in [4.69, 9.17) is 4.74 Å². The van der Waals surface area contributed by atoms with Gasteiger partial charge >= 0.3 is 5.97 Å². The van der Waals surface area contributed by atoms with Gasteiger partial charge in [-0.1, -0.05) is 60.7 Å². The lowest BCUT2D eigenvalue weighted by Crippen LogP contribution is -2.38. The predicted octanol–water partition coefficient (Wildman–Crippen LogP) is 3.64. The van der Waals surface area contributed by atoms with Crippen LogP contribution < -0.4 is 15.4 Å². The number of carboxylic acids is 1. The van der Waals surface area contributed by atoms with Crippen LogP contribution in [0.3, 0.4) is 0 Å². The van der Waals surface area contributed by atoms with Gasteiger partial charge in [-0.05, 0) is 35.7 Å². The number of hydrogen-bond acceptors (Lipinski definition) is 5. The Morgan fingerprint density at radius 2 is 1.52 bits per heavy atom. The number of rotatable bonds is 10. The van der Waals surface area contributed by atoms with Gasteiger partial charge in [0.15, 0.2) is 0 Å². The summed E-state index contributed by atoms with van der Waals surface area (Å²) in [7, 11) is 1.55. The van der Waals surface area contributed by atoms with Crippen molar-refractivity contribution in [1.29, 1.82) is 0 Å². The molecule has 0 aromatic heterocycles. The second-order valence-corrected chi connectivity index (χ2v) is 7.44. The smallest absolute Gasteiger partial charge is 0.320 e. The van der Waals surface area contributed by atoms with Gasteiger partial charge in [-0.3, -0.25) is 19.7 Å². The van der Waals surface area contributed by atoms with Crippen LogP contribution in [0, 0.1) is 0 Å². The molecule has 3 aromatic carbocycles. The molecule has 0 aliphatic carbocycles. The van der Waals surface area contributed by atoms with E-state index in [2.05, 4.69) is 10.6 Å². The molecule has 2 amide bonds. The lowest BCUT2D eigenvalue weighted by atomic mass is 10.0. The van der Waals surface area contributed by atoms with E-state index in [-0.39, 0.29) is 19.4 Å². The SMILES string of the molecule is COc1ccccc1CN[C@@H](CCC(=O)NC(=O)c1ccc(-c2ccccc2)cc1)C(=O)O. The van der Waals surface area contributed by atoms with Crippen molar-refractivity contribution < 1.29 is 24.2 Å². The highest BCUT2D eigenvalue weighted by Crippen LogP contribution is 2.19. The largest absolute Gasteiger partial charge is 0.496 e. The van der Waals surface area contributed by atoms with Crippen molar-refractivity contribution in [3.8, 4) is 16.9 Å². The van der Waals surface area contributed by atoms with E-state index in [1.807, 2.05) is 60.7 Å². The summed E-state index contributed by atoms with van der Waals surface area (Å²) >= 11 is 0. The van der Waals surface area contributed by atoms with Crippen molar-refractivity contribution in [1.82, 2.24) is 10.6 Å². The molecule has 0 bridgehead atoms. The number of carbonyl (C=O) groups excluding carboxylic acids is 2. The Hall–Kier alpha value is -3.97. The van der Waals surface area contributed by atoms with Crippen molar-refractivity contribution in [2.24, 2.45) is 0 Å². The first kappa shape index (κ1) is 23.7. The first-order chi connectivity index (χ1) is 16.0. The van der Waals surface area contributed by atoms with Gasteiger partial charge in [0.25, 0.3) is 5.91 Å². The molecule has 0 radical (unpaired) electrons. The van der Waals surface area contributed by atoms with Crippen molar-refractivity contribution >= 4 is 17.8 Å². The molecule has 7 nitrogen and oxygen atoms in total. The first-order valence-corrected chi connectivity index (χ1v) is 10.6. The van der Waals surface area contributed by atoms with Gasteiger partial charge in [-0.15, -0.1) is 0 Å². The van der Waals surface area contributed by atoms with Gasteiger partial charge in [0, 0.05) is 24.1 Å². The number of nitrogens with one attached hydrogen (secondary N) is 2. The quantitative estimate of drug-likeness (QED) is 0.439. The summed E-state index contributed by atoms with van der Waals surface area (Å²) in [5.41, 5.74) is 3.15.